The van der Waals surface area contributed by atoms with Crippen molar-refractivity contribution in [1.29, 1.82) is 0 Å². The van der Waals surface area contributed by atoms with Gasteiger partial charge in [-0.25, -0.2) is 14.6 Å². The summed E-state index contributed by atoms with van der Waals surface area (Å²) in [6, 6.07) is 11.0. The largest absolute Gasteiger partial charge is 0.493 e. The zero-order valence-electron chi connectivity index (χ0n) is 20.8. The number of hydrogen-bond donors (Lipinski definition) is 2. The van der Waals surface area contributed by atoms with Crippen molar-refractivity contribution >= 4 is 40.3 Å². The molecule has 2 aromatic carbocycles. The van der Waals surface area contributed by atoms with E-state index in [9.17, 15) is 18.8 Å². The van der Waals surface area contributed by atoms with Crippen molar-refractivity contribution in [2.75, 3.05) is 19.5 Å². The summed E-state index contributed by atoms with van der Waals surface area (Å²) in [5, 5.41) is 6.67. The molecule has 2 N–H and O–H groups in total. The monoisotopic (exact) mass is 539 g/mol. The van der Waals surface area contributed by atoms with Crippen molar-refractivity contribution in [1.82, 2.24) is 5.43 Å². The Kier molecular flexibility index (Phi) is 8.70. The molecule has 9 nitrogen and oxygen atoms in total. The Labute approximate surface area is 222 Å². The number of halogens is 1. The van der Waals surface area contributed by atoms with Crippen LogP contribution in [0.4, 0.5) is 9.39 Å². The Hall–Kier alpha value is -4.25. The van der Waals surface area contributed by atoms with E-state index in [0.29, 0.717) is 27.6 Å². The van der Waals surface area contributed by atoms with Gasteiger partial charge in [0.05, 0.1) is 26.0 Å². The number of nitrogens with zero attached hydrogens (tertiary/aromatic N) is 1. The SMILES string of the molecule is COC(=O)c1c(NC(=O)C(=O)N/N=C/c2ccc(OCc3ccc(F)cc3)c(OC)c2)sc2c1CCCC2. The molecule has 4 rings (SSSR count). The molecular weight excluding hydrogens is 513 g/mol. The lowest BCUT2D eigenvalue weighted by Gasteiger charge is -2.11. The van der Waals surface area contributed by atoms with Crippen LogP contribution in [-0.4, -0.2) is 38.2 Å². The summed E-state index contributed by atoms with van der Waals surface area (Å²) in [6.07, 6.45) is 4.84. The number of ether oxygens (including phenoxy) is 3. The first-order valence-corrected chi connectivity index (χ1v) is 12.6. The maximum atomic E-state index is 13.1. The predicted molar refractivity (Wildman–Crippen MR) is 140 cm³/mol. The summed E-state index contributed by atoms with van der Waals surface area (Å²) >= 11 is 1.29. The third-order valence-corrected chi connectivity index (χ3v) is 7.08. The van der Waals surface area contributed by atoms with Gasteiger partial charge in [0.15, 0.2) is 11.5 Å². The lowest BCUT2D eigenvalue weighted by Crippen LogP contribution is -2.32. The first kappa shape index (κ1) is 26.8. The third kappa shape index (κ3) is 6.35. The number of carbonyl (C=O) groups is 3. The minimum atomic E-state index is -0.991. The van der Waals surface area contributed by atoms with E-state index in [4.69, 9.17) is 14.2 Å². The topological polar surface area (TPSA) is 115 Å². The van der Waals surface area contributed by atoms with E-state index in [-0.39, 0.29) is 12.4 Å². The van der Waals surface area contributed by atoms with Gasteiger partial charge in [0.2, 0.25) is 0 Å². The van der Waals surface area contributed by atoms with Gasteiger partial charge in [-0.05, 0) is 72.7 Å². The Balaban J connectivity index is 1.36. The fraction of sp³-hybridized carbons (Fsp3) is 0.259. The molecule has 3 aromatic rings. The highest BCUT2D eigenvalue weighted by atomic mass is 32.1. The third-order valence-electron chi connectivity index (χ3n) is 5.87. The Morgan fingerprint density at radius 1 is 1.03 bits per heavy atom. The van der Waals surface area contributed by atoms with Crippen molar-refractivity contribution in [3.63, 3.8) is 0 Å². The number of hydrogen-bond acceptors (Lipinski definition) is 8. The van der Waals surface area contributed by atoms with Crippen LogP contribution in [0.5, 0.6) is 11.5 Å². The first-order valence-electron chi connectivity index (χ1n) is 11.8. The number of methoxy groups -OCH3 is 2. The smallest absolute Gasteiger partial charge is 0.341 e. The normalized spacial score (nSPS) is 12.5. The zero-order chi connectivity index (χ0) is 27.1. The molecule has 0 spiro atoms. The number of nitrogens with one attached hydrogen (secondary N) is 2. The highest BCUT2D eigenvalue weighted by Crippen LogP contribution is 2.38. The fourth-order valence-electron chi connectivity index (χ4n) is 3.97. The summed E-state index contributed by atoms with van der Waals surface area (Å²) in [7, 11) is 2.76. The van der Waals surface area contributed by atoms with E-state index in [1.54, 1.807) is 30.3 Å². The quantitative estimate of drug-likeness (QED) is 0.192. The van der Waals surface area contributed by atoms with Gasteiger partial charge in [-0.3, -0.25) is 9.59 Å². The number of fused-ring (bicyclic) bond motifs is 1. The van der Waals surface area contributed by atoms with Gasteiger partial charge < -0.3 is 19.5 Å². The van der Waals surface area contributed by atoms with Crippen molar-refractivity contribution in [2.45, 2.75) is 32.3 Å². The molecule has 2 amide bonds. The molecule has 0 atom stereocenters. The number of benzene rings is 2. The molecule has 0 saturated heterocycles. The summed E-state index contributed by atoms with van der Waals surface area (Å²) in [6.45, 7) is 0.222. The van der Waals surface area contributed by atoms with Crippen molar-refractivity contribution in [2.24, 2.45) is 5.10 Å². The maximum absolute atomic E-state index is 13.1. The molecule has 0 bridgehead atoms. The minimum absolute atomic E-state index is 0.222. The van der Waals surface area contributed by atoms with E-state index in [2.05, 4.69) is 15.8 Å². The van der Waals surface area contributed by atoms with Gasteiger partial charge in [0.25, 0.3) is 0 Å². The second-order valence-corrected chi connectivity index (χ2v) is 9.49. The lowest BCUT2D eigenvalue weighted by molar-refractivity contribution is -0.136. The molecule has 1 heterocycles. The Morgan fingerprint density at radius 3 is 2.53 bits per heavy atom. The van der Waals surface area contributed by atoms with E-state index in [1.165, 1.54) is 43.9 Å². The molecule has 0 radical (unpaired) electrons. The number of aryl methyl sites for hydroxylation is 1. The number of esters is 1. The molecule has 198 valence electrons. The van der Waals surface area contributed by atoms with E-state index in [1.807, 2.05) is 0 Å². The number of anilines is 1. The van der Waals surface area contributed by atoms with Crippen LogP contribution in [0.2, 0.25) is 0 Å². The fourth-order valence-corrected chi connectivity index (χ4v) is 5.25. The highest BCUT2D eigenvalue weighted by Gasteiger charge is 2.28. The van der Waals surface area contributed by atoms with Crippen molar-refractivity contribution in [3.8, 4) is 11.5 Å². The first-order chi connectivity index (χ1) is 18.4. The molecule has 11 heteroatoms. The Morgan fingerprint density at radius 2 is 1.79 bits per heavy atom. The highest BCUT2D eigenvalue weighted by molar-refractivity contribution is 7.17. The standard InChI is InChI=1S/C27H26FN3O6S/c1-35-21-13-17(9-12-20(21)37-15-16-7-10-18(28)11-8-16)14-29-31-25(33)24(32)30-26-23(27(34)36-2)19-5-3-4-6-22(19)38-26/h7-14H,3-6,15H2,1-2H3,(H,30,32)(H,31,33)/b29-14+. The lowest BCUT2D eigenvalue weighted by atomic mass is 9.95. The number of hydrazone groups is 1. The predicted octanol–water partition coefficient (Wildman–Crippen LogP) is 4.23. The van der Waals surface area contributed by atoms with Crippen LogP contribution in [0, 0.1) is 5.82 Å². The molecule has 1 aliphatic carbocycles. The number of carbonyl (C=O) groups excluding carboxylic acids is 3. The van der Waals surface area contributed by atoms with E-state index < -0.39 is 17.8 Å². The molecule has 1 aliphatic rings. The molecule has 0 aliphatic heterocycles. The van der Waals surface area contributed by atoms with Gasteiger partial charge in [-0.15, -0.1) is 11.3 Å². The summed E-state index contributed by atoms with van der Waals surface area (Å²) < 4.78 is 29.1. The molecule has 0 saturated carbocycles. The second-order valence-electron chi connectivity index (χ2n) is 8.39. The summed E-state index contributed by atoms with van der Waals surface area (Å²) in [5.74, 6) is -1.91. The average Bonchev–Trinajstić information content (AvgIpc) is 3.30. The maximum Gasteiger partial charge on any atom is 0.341 e. The van der Waals surface area contributed by atoms with Gasteiger partial charge >= 0.3 is 17.8 Å². The Bertz CT molecular complexity index is 1370. The van der Waals surface area contributed by atoms with E-state index in [0.717, 1.165) is 41.7 Å². The van der Waals surface area contributed by atoms with E-state index >= 15 is 0 Å². The van der Waals surface area contributed by atoms with Gasteiger partial charge in [-0.2, -0.15) is 5.10 Å². The minimum Gasteiger partial charge on any atom is -0.493 e. The van der Waals surface area contributed by atoms with Crippen LogP contribution in [0.15, 0.2) is 47.6 Å². The van der Waals surface area contributed by atoms with Crippen LogP contribution in [0.1, 0.15) is 44.8 Å². The molecule has 1 aromatic heterocycles. The zero-order valence-corrected chi connectivity index (χ0v) is 21.7. The second kappa shape index (κ2) is 12.3. The van der Waals surface area contributed by atoms with Crippen molar-refractivity contribution in [3.05, 3.63) is 75.4 Å². The van der Waals surface area contributed by atoms with Crippen LogP contribution in [-0.2, 0) is 33.8 Å². The molecule has 0 unspecified atom stereocenters. The average molecular weight is 540 g/mol. The van der Waals surface area contributed by atoms with Gasteiger partial charge in [0.1, 0.15) is 17.4 Å². The van der Waals surface area contributed by atoms with Crippen molar-refractivity contribution < 1.29 is 33.0 Å². The van der Waals surface area contributed by atoms with Crippen LogP contribution < -0.4 is 20.2 Å². The van der Waals surface area contributed by atoms with Crippen LogP contribution >= 0.6 is 11.3 Å². The number of thiophene rings is 1. The van der Waals surface area contributed by atoms with Gasteiger partial charge in [-0.1, -0.05) is 12.1 Å². The summed E-state index contributed by atoms with van der Waals surface area (Å²) in [4.78, 5) is 38.2. The number of amides is 2. The summed E-state index contributed by atoms with van der Waals surface area (Å²) in [5.41, 5.74) is 4.74. The number of rotatable bonds is 8. The molecular formula is C27H26FN3O6S. The van der Waals surface area contributed by atoms with Crippen LogP contribution in [0.25, 0.3) is 0 Å². The molecule has 0 fully saturated rings. The van der Waals surface area contributed by atoms with Gasteiger partial charge in [0, 0.05) is 4.88 Å². The molecule has 38 heavy (non-hydrogen) atoms. The van der Waals surface area contributed by atoms with Crippen LogP contribution in [0.3, 0.4) is 0 Å².